The number of amides is 4. The van der Waals surface area contributed by atoms with Gasteiger partial charge in [-0.2, -0.15) is 0 Å². The molecule has 2 heterocycles. The smallest absolute Gasteiger partial charge is 0.305 e. The van der Waals surface area contributed by atoms with Crippen LogP contribution in [0.1, 0.15) is 66.2 Å². The van der Waals surface area contributed by atoms with Crippen LogP contribution in [0, 0.1) is 0 Å². The maximum atomic E-state index is 13.1. The van der Waals surface area contributed by atoms with Gasteiger partial charge in [0, 0.05) is 25.1 Å². The van der Waals surface area contributed by atoms with Gasteiger partial charge in [-0.3, -0.25) is 34.2 Å². The number of hydrogen-bond acceptors (Lipinski definition) is 15. The van der Waals surface area contributed by atoms with E-state index in [9.17, 15) is 24.0 Å². The van der Waals surface area contributed by atoms with Crippen LogP contribution in [0.25, 0.3) is 0 Å². The topological polar surface area (TPSA) is 196 Å². The third kappa shape index (κ3) is 17.3. The summed E-state index contributed by atoms with van der Waals surface area (Å²) in [5.74, 6) is -2.35. The molecular weight excluding hydrogens is 710 g/mol. The van der Waals surface area contributed by atoms with Gasteiger partial charge in [-0.1, -0.05) is 25.8 Å². The molecule has 1 fully saturated rings. The molecule has 0 aliphatic carbocycles. The van der Waals surface area contributed by atoms with Crippen LogP contribution < -0.4 is 10.6 Å². The molecule has 1 aromatic carbocycles. The summed E-state index contributed by atoms with van der Waals surface area (Å²) in [6, 6.07) is 3.90. The lowest BCUT2D eigenvalue weighted by molar-refractivity contribution is -0.145. The molecule has 0 spiro atoms. The van der Waals surface area contributed by atoms with E-state index in [1.165, 1.54) is 0 Å². The first-order valence-electron chi connectivity index (χ1n) is 18.8. The number of hydrogen-bond donors (Lipinski definition) is 2. The normalized spacial score (nSPS) is 15.5. The summed E-state index contributed by atoms with van der Waals surface area (Å²) in [4.78, 5) is 62.3. The maximum Gasteiger partial charge on any atom is 0.305 e. The summed E-state index contributed by atoms with van der Waals surface area (Å²) in [5, 5.41) is 5.33. The van der Waals surface area contributed by atoms with Gasteiger partial charge in [0.15, 0.2) is 0 Å². The first kappa shape index (κ1) is 44.8. The van der Waals surface area contributed by atoms with Crippen molar-refractivity contribution in [2.45, 2.75) is 51.5 Å². The van der Waals surface area contributed by atoms with E-state index in [0.29, 0.717) is 124 Å². The standard InChI is InChI=1S/C37H57N3O14/c1-2-3-4-8-33(42)54-28-27-53-26-25-52-24-23-51-22-21-50-20-19-49-18-17-48-16-15-47-14-13-46-12-11-38-30-7-5-6-29-34(30)37(45)40(36(29)44)31-9-10-32(41)39-35(31)43/h5-7,31,38H,2-4,8-28H2,1H3,(H,39,41,43). The molecule has 4 amide bonds. The van der Waals surface area contributed by atoms with Crippen LogP contribution in [0.15, 0.2) is 18.2 Å². The average molecular weight is 768 g/mol. The lowest BCUT2D eigenvalue weighted by Crippen LogP contribution is -2.54. The number of piperidine rings is 1. The molecular formula is C37H57N3O14. The van der Waals surface area contributed by atoms with Crippen molar-refractivity contribution in [1.29, 1.82) is 0 Å². The second kappa shape index (κ2) is 27.9. The number of anilines is 1. The molecule has 0 bridgehead atoms. The van der Waals surface area contributed by atoms with Crippen molar-refractivity contribution >= 4 is 35.3 Å². The van der Waals surface area contributed by atoms with E-state index in [2.05, 4.69) is 17.6 Å². The second-order valence-electron chi connectivity index (χ2n) is 12.2. The number of fused-ring (bicyclic) bond motifs is 1. The molecule has 0 saturated carbocycles. The van der Waals surface area contributed by atoms with Crippen molar-refractivity contribution in [2.75, 3.05) is 124 Å². The number of ether oxygens (including phenoxy) is 9. The largest absolute Gasteiger partial charge is 0.463 e. The van der Waals surface area contributed by atoms with Crippen LogP contribution in [0.5, 0.6) is 0 Å². The lowest BCUT2D eigenvalue weighted by atomic mass is 10.0. The molecule has 1 unspecified atom stereocenters. The highest BCUT2D eigenvalue weighted by Gasteiger charge is 2.45. The SMILES string of the molecule is CCCCCC(=O)OCCOCCOCCOCCOCCOCCOCCOCCOCCNc1cccc2c1C(=O)N(C1CCC(=O)NC1=O)C2=O. The zero-order chi connectivity index (χ0) is 38.6. The Labute approximate surface area is 316 Å². The minimum atomic E-state index is -1.01. The Morgan fingerprint density at radius 3 is 1.69 bits per heavy atom. The highest BCUT2D eigenvalue weighted by atomic mass is 16.6. The Kier molecular flexibility index (Phi) is 23.2. The molecule has 1 atom stereocenters. The monoisotopic (exact) mass is 767 g/mol. The summed E-state index contributed by atoms with van der Waals surface area (Å²) in [5.41, 5.74) is 0.901. The van der Waals surface area contributed by atoms with Crippen molar-refractivity contribution in [3.05, 3.63) is 29.3 Å². The van der Waals surface area contributed by atoms with E-state index >= 15 is 0 Å². The van der Waals surface area contributed by atoms with Gasteiger partial charge < -0.3 is 47.9 Å². The lowest BCUT2D eigenvalue weighted by Gasteiger charge is -2.27. The first-order valence-corrected chi connectivity index (χ1v) is 18.8. The fourth-order valence-electron chi connectivity index (χ4n) is 5.37. The highest BCUT2D eigenvalue weighted by Crippen LogP contribution is 2.32. The third-order valence-electron chi connectivity index (χ3n) is 8.11. The van der Waals surface area contributed by atoms with Crippen LogP contribution in [0.3, 0.4) is 0 Å². The molecule has 17 nitrogen and oxygen atoms in total. The Morgan fingerprint density at radius 1 is 0.685 bits per heavy atom. The van der Waals surface area contributed by atoms with Crippen molar-refractivity contribution < 1.29 is 66.6 Å². The van der Waals surface area contributed by atoms with Crippen molar-refractivity contribution in [3.63, 3.8) is 0 Å². The van der Waals surface area contributed by atoms with Crippen LogP contribution in [-0.2, 0) is 57.0 Å². The molecule has 17 heteroatoms. The number of rotatable bonds is 33. The number of benzene rings is 1. The number of unbranched alkanes of at least 4 members (excludes halogenated alkanes) is 2. The van der Waals surface area contributed by atoms with E-state index in [-0.39, 0.29) is 36.5 Å². The third-order valence-corrected chi connectivity index (χ3v) is 8.11. The molecule has 2 aliphatic rings. The van der Waals surface area contributed by atoms with Gasteiger partial charge in [-0.25, -0.2) is 0 Å². The fraction of sp³-hybridized carbons (Fsp3) is 0.703. The van der Waals surface area contributed by atoms with Crippen LogP contribution in [-0.4, -0.2) is 159 Å². The number of nitrogens with one attached hydrogen (secondary N) is 2. The van der Waals surface area contributed by atoms with Gasteiger partial charge in [0.1, 0.15) is 12.6 Å². The molecule has 0 radical (unpaired) electrons. The van der Waals surface area contributed by atoms with E-state index in [0.717, 1.165) is 24.2 Å². The predicted octanol–water partition coefficient (Wildman–Crippen LogP) is 1.76. The number of imide groups is 2. The van der Waals surface area contributed by atoms with Crippen molar-refractivity contribution in [2.24, 2.45) is 0 Å². The summed E-state index contributed by atoms with van der Waals surface area (Å²) in [6.07, 6.45) is 3.61. The van der Waals surface area contributed by atoms with E-state index in [1.54, 1.807) is 18.2 Å². The Bertz CT molecular complexity index is 1280. The molecule has 2 N–H and O–H groups in total. The first-order chi connectivity index (χ1) is 26.4. The Morgan fingerprint density at radius 2 is 1.19 bits per heavy atom. The van der Waals surface area contributed by atoms with Crippen molar-refractivity contribution in [3.8, 4) is 0 Å². The van der Waals surface area contributed by atoms with Crippen molar-refractivity contribution in [1.82, 2.24) is 10.2 Å². The molecule has 0 aromatic heterocycles. The number of carbonyl (C=O) groups is 5. The molecule has 1 saturated heterocycles. The van der Waals surface area contributed by atoms with Crippen LogP contribution >= 0.6 is 0 Å². The summed E-state index contributed by atoms with van der Waals surface area (Å²) >= 11 is 0. The van der Waals surface area contributed by atoms with Crippen LogP contribution in [0.2, 0.25) is 0 Å². The zero-order valence-electron chi connectivity index (χ0n) is 31.4. The average Bonchev–Trinajstić information content (AvgIpc) is 3.42. The van der Waals surface area contributed by atoms with Gasteiger partial charge in [-0.05, 0) is 25.0 Å². The van der Waals surface area contributed by atoms with Gasteiger partial charge in [-0.15, -0.1) is 0 Å². The number of nitrogens with zero attached hydrogens (tertiary/aromatic N) is 1. The number of carbonyl (C=O) groups excluding carboxylic acids is 5. The Hall–Kier alpha value is -3.55. The molecule has 2 aliphatic heterocycles. The van der Waals surface area contributed by atoms with Gasteiger partial charge in [0.05, 0.1) is 117 Å². The van der Waals surface area contributed by atoms with Gasteiger partial charge in [0.2, 0.25) is 11.8 Å². The summed E-state index contributed by atoms with van der Waals surface area (Å²) < 4.78 is 48.9. The minimum absolute atomic E-state index is 0.0642. The maximum absolute atomic E-state index is 13.1. The zero-order valence-corrected chi connectivity index (χ0v) is 31.4. The summed E-state index contributed by atoms with van der Waals surface area (Å²) in [7, 11) is 0. The van der Waals surface area contributed by atoms with E-state index < -0.39 is 29.7 Å². The molecule has 304 valence electrons. The summed E-state index contributed by atoms with van der Waals surface area (Å²) in [6.45, 7) is 9.55. The van der Waals surface area contributed by atoms with E-state index in [4.69, 9.17) is 42.6 Å². The fourth-order valence-corrected chi connectivity index (χ4v) is 5.37. The number of esters is 1. The Balaban J connectivity index is 1.03. The molecule has 54 heavy (non-hydrogen) atoms. The quantitative estimate of drug-likeness (QED) is 0.0596. The predicted molar refractivity (Wildman–Crippen MR) is 193 cm³/mol. The van der Waals surface area contributed by atoms with E-state index in [1.807, 2.05) is 0 Å². The van der Waals surface area contributed by atoms with Crippen LogP contribution in [0.4, 0.5) is 5.69 Å². The van der Waals surface area contributed by atoms with Gasteiger partial charge in [0.25, 0.3) is 11.8 Å². The molecule has 3 rings (SSSR count). The minimum Gasteiger partial charge on any atom is -0.463 e. The second-order valence-corrected chi connectivity index (χ2v) is 12.2. The van der Waals surface area contributed by atoms with Gasteiger partial charge >= 0.3 is 5.97 Å². The highest BCUT2D eigenvalue weighted by molar-refractivity contribution is 6.25. The molecule has 1 aromatic rings.